The molecule has 1 aromatic heterocycles. The van der Waals surface area contributed by atoms with Crippen LogP contribution in [0.5, 0.6) is 0 Å². The van der Waals surface area contributed by atoms with Gasteiger partial charge in [0.05, 0.1) is 17.9 Å². The summed E-state index contributed by atoms with van der Waals surface area (Å²) in [5.74, 6) is -0.00501. The molecule has 2 bridgehead atoms. The molecule has 0 amide bonds. The third-order valence-electron chi connectivity index (χ3n) is 12.8. The first-order valence-corrected chi connectivity index (χ1v) is 22.0. The van der Waals surface area contributed by atoms with Crippen LogP contribution in [0.15, 0.2) is 224 Å². The zero-order valence-corrected chi connectivity index (χ0v) is 32.6. The van der Waals surface area contributed by atoms with Crippen molar-refractivity contribution in [2.45, 2.75) is 11.8 Å². The predicted molar refractivity (Wildman–Crippen MR) is 245 cm³/mol. The Labute approximate surface area is 347 Å². The Kier molecular flexibility index (Phi) is 6.38. The van der Waals surface area contributed by atoms with Gasteiger partial charge in [0.1, 0.15) is 0 Å². The fourth-order valence-corrected chi connectivity index (χ4v) is 15.7. The summed E-state index contributed by atoms with van der Waals surface area (Å²) in [6.45, 7) is 0. The summed E-state index contributed by atoms with van der Waals surface area (Å²) < 4.78 is 45.1. The molecule has 58 heavy (non-hydrogen) atoms. The molecule has 0 fully saturated rings. The van der Waals surface area contributed by atoms with Gasteiger partial charge in [0, 0.05) is 28.3 Å². The Morgan fingerprint density at radius 2 is 0.948 bits per heavy atom. The maximum absolute atomic E-state index is 8.95. The smallest absolute Gasteiger partial charge is 0.179 e. The summed E-state index contributed by atoms with van der Waals surface area (Å²) in [5, 5.41) is 7.36. The van der Waals surface area contributed by atoms with Crippen molar-refractivity contribution in [3.63, 3.8) is 0 Å². The highest BCUT2D eigenvalue weighted by Gasteiger charge is 2.49. The first kappa shape index (κ1) is 28.4. The van der Waals surface area contributed by atoms with Gasteiger partial charge in [-0.3, -0.25) is 0 Å². The monoisotopic (exact) mass is 758 g/mol. The maximum atomic E-state index is 8.95. The van der Waals surface area contributed by atoms with Gasteiger partial charge in [-0.15, -0.1) is 0 Å². The first-order chi connectivity index (χ1) is 30.9. The normalized spacial score (nSPS) is 16.4. The van der Waals surface area contributed by atoms with E-state index < -0.39 is 14.1 Å². The molecular weight excluding hydrogens is 715 g/mol. The van der Waals surface area contributed by atoms with Gasteiger partial charge in [0.25, 0.3) is 0 Å². The zero-order valence-electron chi connectivity index (χ0n) is 36.6. The molecule has 3 aliphatic carbocycles. The number of para-hydroxylation sites is 2. The van der Waals surface area contributed by atoms with E-state index in [4.69, 9.17) is 6.85 Å². The first-order valence-electron chi connectivity index (χ1n) is 22.5. The van der Waals surface area contributed by atoms with Gasteiger partial charge in [-0.1, -0.05) is 194 Å². The Bertz CT molecular complexity index is 3350. The summed E-state index contributed by atoms with van der Waals surface area (Å²) in [4.78, 5) is 0. The highest BCUT2D eigenvalue weighted by Crippen LogP contribution is 2.57. The average Bonchev–Trinajstić information content (AvgIpc) is 3.67. The Morgan fingerprint density at radius 1 is 0.414 bits per heavy atom. The van der Waals surface area contributed by atoms with Crippen molar-refractivity contribution < 1.29 is 6.85 Å². The van der Waals surface area contributed by atoms with Crippen molar-refractivity contribution in [3.8, 4) is 16.8 Å². The van der Waals surface area contributed by atoms with Crippen LogP contribution < -0.4 is 20.7 Å². The third-order valence-corrected chi connectivity index (χ3v) is 17.7. The lowest BCUT2D eigenvalue weighted by molar-refractivity contribution is 0.760. The Balaban J connectivity index is 1.14. The molecule has 0 spiro atoms. The second-order valence-electron chi connectivity index (χ2n) is 15.5. The van der Waals surface area contributed by atoms with Crippen LogP contribution in [-0.4, -0.2) is 12.6 Å². The molecule has 2 heteroatoms. The molecule has 2 atom stereocenters. The Morgan fingerprint density at radius 3 is 1.62 bits per heavy atom. The van der Waals surface area contributed by atoms with Crippen molar-refractivity contribution >= 4 is 50.6 Å². The van der Waals surface area contributed by atoms with Crippen LogP contribution in [0.1, 0.15) is 52.1 Å². The van der Waals surface area contributed by atoms with Gasteiger partial charge >= 0.3 is 0 Å². The van der Waals surface area contributed by atoms with Crippen LogP contribution in [0.25, 0.3) is 38.6 Å². The largest absolute Gasteiger partial charge is 0.309 e. The lowest BCUT2D eigenvalue weighted by atomic mass is 9.60. The van der Waals surface area contributed by atoms with E-state index in [0.717, 1.165) is 27.4 Å². The van der Waals surface area contributed by atoms with Crippen LogP contribution in [0.3, 0.4) is 0 Å². The molecule has 3 aliphatic rings. The standard InChI is InChI=1S/C56H39NSi/c1-5-19-39(20-6-1)57-50-33-16-15-27-44(50)49-37-38(35-36-51(49)57)43-30-17-31-47-53-45-28-13-14-29-46(45)56(54(43)47)55-48(53)32-18-34-52(55)58(40-21-7-2-8-22-40,41-23-9-3-10-24-41)42-25-11-4-12-26-42/h1-37,53,56H/i1D,5D,6D,19D,20D. The second kappa shape index (κ2) is 13.0. The lowest BCUT2D eigenvalue weighted by Gasteiger charge is -2.47. The molecule has 10 aromatic rings. The fourth-order valence-electron chi connectivity index (χ4n) is 10.7. The van der Waals surface area contributed by atoms with Crippen LogP contribution in [0.2, 0.25) is 0 Å². The van der Waals surface area contributed by atoms with E-state index in [-0.39, 0.29) is 41.7 Å². The molecule has 0 saturated carbocycles. The number of benzene rings is 9. The minimum Gasteiger partial charge on any atom is -0.309 e. The number of aromatic nitrogens is 1. The molecule has 272 valence electrons. The molecule has 0 aliphatic heterocycles. The van der Waals surface area contributed by atoms with Gasteiger partial charge in [-0.05, 0) is 95.5 Å². The molecular formula is C56H39NSi. The van der Waals surface area contributed by atoms with Crippen LogP contribution in [0.4, 0.5) is 0 Å². The molecule has 2 unspecified atom stereocenters. The average molecular weight is 759 g/mol. The van der Waals surface area contributed by atoms with Gasteiger partial charge in [0.15, 0.2) is 8.07 Å². The number of fused-ring (bicyclic) bond motifs is 3. The molecule has 13 rings (SSSR count). The van der Waals surface area contributed by atoms with E-state index in [9.17, 15) is 0 Å². The molecule has 0 N–H and O–H groups in total. The van der Waals surface area contributed by atoms with Gasteiger partial charge in [0.2, 0.25) is 0 Å². The molecule has 9 aromatic carbocycles. The minimum atomic E-state index is -2.95. The van der Waals surface area contributed by atoms with E-state index in [2.05, 4.69) is 176 Å². The van der Waals surface area contributed by atoms with Crippen LogP contribution >= 0.6 is 0 Å². The van der Waals surface area contributed by atoms with Crippen LogP contribution in [0, 0.1) is 0 Å². The number of rotatable bonds is 6. The highest BCUT2D eigenvalue weighted by atomic mass is 28.3. The maximum Gasteiger partial charge on any atom is 0.179 e. The number of hydrogen-bond acceptors (Lipinski definition) is 0. The summed E-state index contributed by atoms with van der Waals surface area (Å²) in [6, 6.07) is 69.5. The lowest BCUT2D eigenvalue weighted by Crippen LogP contribution is -2.75. The van der Waals surface area contributed by atoms with Gasteiger partial charge in [-0.2, -0.15) is 0 Å². The number of nitrogens with zero attached hydrogens (tertiary/aromatic N) is 1. The van der Waals surface area contributed by atoms with E-state index in [1.807, 2.05) is 22.8 Å². The summed E-state index contributed by atoms with van der Waals surface area (Å²) in [7, 11) is -2.95. The van der Waals surface area contributed by atoms with E-state index in [0.29, 0.717) is 0 Å². The van der Waals surface area contributed by atoms with Crippen molar-refractivity contribution in [2.24, 2.45) is 0 Å². The molecule has 1 nitrogen and oxygen atoms in total. The summed E-state index contributed by atoms with van der Waals surface area (Å²) in [6.07, 6.45) is 0. The summed E-state index contributed by atoms with van der Waals surface area (Å²) >= 11 is 0. The van der Waals surface area contributed by atoms with E-state index in [1.165, 1.54) is 59.7 Å². The van der Waals surface area contributed by atoms with E-state index in [1.54, 1.807) is 0 Å². The van der Waals surface area contributed by atoms with Gasteiger partial charge in [-0.25, -0.2) is 0 Å². The summed E-state index contributed by atoms with van der Waals surface area (Å²) in [5.41, 5.74) is 12.1. The van der Waals surface area contributed by atoms with Crippen molar-refractivity contribution in [3.05, 3.63) is 258 Å². The molecule has 1 heterocycles. The second-order valence-corrected chi connectivity index (χ2v) is 19.3. The minimum absolute atomic E-state index is 0.0415. The van der Waals surface area contributed by atoms with Gasteiger partial charge < -0.3 is 4.57 Å². The quantitative estimate of drug-likeness (QED) is 0.118. The van der Waals surface area contributed by atoms with E-state index >= 15 is 0 Å². The Hall–Kier alpha value is -7.00. The molecule has 0 radical (unpaired) electrons. The molecule has 0 saturated heterocycles. The third kappa shape index (κ3) is 4.64. The highest BCUT2D eigenvalue weighted by molar-refractivity contribution is 7.20. The number of hydrogen-bond donors (Lipinski definition) is 0. The fraction of sp³-hybridized carbons (Fsp3) is 0.0357. The van der Waals surface area contributed by atoms with Crippen molar-refractivity contribution in [1.82, 2.24) is 4.57 Å². The topological polar surface area (TPSA) is 4.93 Å². The van der Waals surface area contributed by atoms with Crippen molar-refractivity contribution in [1.29, 1.82) is 0 Å². The van der Waals surface area contributed by atoms with Crippen molar-refractivity contribution in [2.75, 3.05) is 0 Å². The predicted octanol–water partition coefficient (Wildman–Crippen LogP) is 10.8. The van der Waals surface area contributed by atoms with Crippen LogP contribution in [-0.2, 0) is 0 Å². The SMILES string of the molecule is [2H]c1c([2H])c([2H])c(-n2c3ccccc3c3cc(-c4cccc5c4C4c6ccccc6C5c5cccc([Si](c6ccccc6)(c6ccccc6)c6ccccc6)c54)ccc32)c([2H])c1[2H]. The zero-order chi connectivity index (χ0) is 42.6.